The smallest absolute Gasteiger partial charge is 0.362 e. The van der Waals surface area contributed by atoms with Crippen molar-refractivity contribution in [2.75, 3.05) is 11.9 Å². The van der Waals surface area contributed by atoms with Crippen molar-refractivity contribution in [2.24, 2.45) is 0 Å². The van der Waals surface area contributed by atoms with Gasteiger partial charge in [0.15, 0.2) is 5.00 Å². The van der Waals surface area contributed by atoms with E-state index in [0.29, 0.717) is 5.56 Å². The van der Waals surface area contributed by atoms with E-state index >= 15 is 0 Å². The van der Waals surface area contributed by atoms with Crippen LogP contribution in [0.4, 0.5) is 5.00 Å². The maximum atomic E-state index is 12.6. The lowest BCUT2D eigenvalue weighted by atomic mass is 10.2. The van der Waals surface area contributed by atoms with Crippen molar-refractivity contribution in [3.05, 3.63) is 64.8 Å². The molecule has 0 saturated heterocycles. The van der Waals surface area contributed by atoms with Crippen molar-refractivity contribution < 1.29 is 26.9 Å². The summed E-state index contributed by atoms with van der Waals surface area (Å²) in [5.74, 6) is -1.16. The molecule has 1 amide bonds. The number of aryl methyl sites for hydroxylation is 2. The molecule has 0 atom stereocenters. The largest absolute Gasteiger partial charge is 0.461 e. The lowest BCUT2D eigenvalue weighted by molar-refractivity contribution is 0.0520. The van der Waals surface area contributed by atoms with Gasteiger partial charge in [0.25, 0.3) is 5.91 Å². The molecule has 31 heavy (non-hydrogen) atoms. The van der Waals surface area contributed by atoms with Crippen LogP contribution in [0.2, 0.25) is 0 Å². The van der Waals surface area contributed by atoms with E-state index < -0.39 is 22.0 Å². The highest BCUT2D eigenvalue weighted by molar-refractivity contribution is 7.87. The zero-order chi connectivity index (χ0) is 22.6. The van der Waals surface area contributed by atoms with Crippen LogP contribution >= 0.6 is 11.5 Å². The van der Waals surface area contributed by atoms with Gasteiger partial charge in [-0.25, -0.2) is 4.79 Å². The van der Waals surface area contributed by atoms with Crippen molar-refractivity contribution in [1.29, 1.82) is 0 Å². The van der Waals surface area contributed by atoms with Gasteiger partial charge in [-0.1, -0.05) is 16.6 Å². The molecule has 162 valence electrons. The van der Waals surface area contributed by atoms with Crippen LogP contribution in [0.5, 0.6) is 5.75 Å². The Hall–Kier alpha value is -3.31. The number of esters is 1. The van der Waals surface area contributed by atoms with Gasteiger partial charge in [0.2, 0.25) is 5.69 Å². The maximum absolute atomic E-state index is 12.6. The van der Waals surface area contributed by atoms with Gasteiger partial charge >= 0.3 is 16.1 Å². The Morgan fingerprint density at radius 1 is 1.10 bits per heavy atom. The fraction of sp³-hybridized carbons (Fsp3) is 0.200. The summed E-state index contributed by atoms with van der Waals surface area (Å²) in [6.45, 7) is 5.29. The summed E-state index contributed by atoms with van der Waals surface area (Å²) in [7, 11) is -4.03. The predicted octanol–water partition coefficient (Wildman–Crippen LogP) is 3.35. The predicted molar refractivity (Wildman–Crippen MR) is 114 cm³/mol. The molecular weight excluding hydrogens is 442 g/mol. The number of carbonyl (C=O) groups is 2. The molecule has 1 N–H and O–H groups in total. The molecule has 1 aromatic heterocycles. The molecule has 3 aromatic rings. The molecule has 0 aliphatic heterocycles. The van der Waals surface area contributed by atoms with Crippen LogP contribution in [0.3, 0.4) is 0 Å². The maximum Gasteiger partial charge on any atom is 0.362 e. The molecule has 0 saturated carbocycles. The zero-order valence-corrected chi connectivity index (χ0v) is 18.5. The summed E-state index contributed by atoms with van der Waals surface area (Å²) in [6.07, 6.45) is 0. The third kappa shape index (κ3) is 5.25. The molecule has 0 aliphatic rings. The minimum absolute atomic E-state index is 0.0594. The molecule has 1 heterocycles. The normalized spacial score (nSPS) is 11.1. The molecule has 0 fully saturated rings. The van der Waals surface area contributed by atoms with Gasteiger partial charge in [-0.15, -0.1) is 5.10 Å². The van der Waals surface area contributed by atoms with E-state index in [-0.39, 0.29) is 33.5 Å². The molecule has 9 nitrogen and oxygen atoms in total. The van der Waals surface area contributed by atoms with Crippen LogP contribution in [-0.2, 0) is 14.9 Å². The highest BCUT2D eigenvalue weighted by Gasteiger charge is 2.21. The molecule has 0 spiro atoms. The average Bonchev–Trinajstić information content (AvgIpc) is 3.18. The van der Waals surface area contributed by atoms with Gasteiger partial charge in [-0.2, -0.15) is 8.42 Å². The monoisotopic (exact) mass is 461 g/mol. The van der Waals surface area contributed by atoms with Crippen LogP contribution in [0.1, 0.15) is 38.9 Å². The number of hydrogen-bond acceptors (Lipinski definition) is 9. The molecule has 2 aromatic carbocycles. The van der Waals surface area contributed by atoms with E-state index in [1.165, 1.54) is 30.3 Å². The topological polar surface area (TPSA) is 125 Å². The third-order valence-electron chi connectivity index (χ3n) is 4.12. The number of carbonyl (C=O) groups excluding carboxylic acids is 2. The highest BCUT2D eigenvalue weighted by atomic mass is 32.2. The van der Waals surface area contributed by atoms with Gasteiger partial charge < -0.3 is 14.2 Å². The summed E-state index contributed by atoms with van der Waals surface area (Å²) in [5, 5.41) is 6.37. The summed E-state index contributed by atoms with van der Waals surface area (Å²) < 4.78 is 38.9. The third-order valence-corrected chi connectivity index (χ3v) is 6.15. The fourth-order valence-corrected chi connectivity index (χ4v) is 4.39. The van der Waals surface area contributed by atoms with Crippen LogP contribution in [0.25, 0.3) is 0 Å². The number of nitrogens with one attached hydrogen (secondary N) is 1. The Kier molecular flexibility index (Phi) is 6.66. The number of anilines is 1. The van der Waals surface area contributed by atoms with Crippen LogP contribution in [0.15, 0.2) is 47.4 Å². The summed E-state index contributed by atoms with van der Waals surface area (Å²) >= 11 is 0.840. The summed E-state index contributed by atoms with van der Waals surface area (Å²) in [5.41, 5.74) is 1.50. The molecular formula is C20H19N3O6S2. The van der Waals surface area contributed by atoms with Crippen molar-refractivity contribution >= 4 is 38.5 Å². The first-order valence-corrected chi connectivity index (χ1v) is 11.3. The second-order valence-corrected chi connectivity index (χ2v) is 8.72. The molecule has 0 aliphatic carbocycles. The molecule has 11 heteroatoms. The van der Waals surface area contributed by atoms with Gasteiger partial charge in [-0.05, 0) is 62.2 Å². The number of nitrogens with zero attached hydrogens (tertiary/aromatic N) is 2. The standard InChI is InChI=1S/C20H19N3O6S2/c1-4-28-20(25)17-19(30-23-22-17)21-18(24)14-7-9-15(10-8-14)29-31(26,27)16-11-12(2)5-6-13(16)3/h5-11H,4H2,1-3H3,(H,21,24). The number of hydrogen-bond donors (Lipinski definition) is 1. The summed E-state index contributed by atoms with van der Waals surface area (Å²) in [6, 6.07) is 10.6. The fourth-order valence-electron chi connectivity index (χ4n) is 2.59. The van der Waals surface area contributed by atoms with Crippen LogP contribution < -0.4 is 9.50 Å². The first-order valence-electron chi connectivity index (χ1n) is 9.14. The van der Waals surface area contributed by atoms with Gasteiger partial charge in [0.1, 0.15) is 10.6 Å². The number of ether oxygens (including phenoxy) is 1. The van der Waals surface area contributed by atoms with E-state index in [2.05, 4.69) is 14.9 Å². The lowest BCUT2D eigenvalue weighted by Gasteiger charge is -2.10. The second kappa shape index (κ2) is 9.23. The van der Waals surface area contributed by atoms with Crippen molar-refractivity contribution in [3.63, 3.8) is 0 Å². The van der Waals surface area contributed by atoms with Crippen molar-refractivity contribution in [2.45, 2.75) is 25.7 Å². The average molecular weight is 462 g/mol. The van der Waals surface area contributed by atoms with E-state index in [0.717, 1.165) is 17.1 Å². The lowest BCUT2D eigenvalue weighted by Crippen LogP contribution is -2.15. The van der Waals surface area contributed by atoms with Crippen LogP contribution in [0, 0.1) is 13.8 Å². The zero-order valence-electron chi connectivity index (χ0n) is 16.9. The number of benzene rings is 2. The Morgan fingerprint density at radius 3 is 2.48 bits per heavy atom. The Morgan fingerprint density at radius 2 is 1.81 bits per heavy atom. The van der Waals surface area contributed by atoms with Crippen molar-refractivity contribution in [1.82, 2.24) is 9.59 Å². The van der Waals surface area contributed by atoms with E-state index in [9.17, 15) is 18.0 Å². The highest BCUT2D eigenvalue weighted by Crippen LogP contribution is 2.24. The molecule has 0 bridgehead atoms. The number of amides is 1. The Labute approximate surface area is 183 Å². The van der Waals surface area contributed by atoms with E-state index in [1.54, 1.807) is 26.8 Å². The summed E-state index contributed by atoms with van der Waals surface area (Å²) in [4.78, 5) is 24.4. The number of aromatic nitrogens is 2. The first kappa shape index (κ1) is 22.4. The van der Waals surface area contributed by atoms with Gasteiger partial charge in [-0.3, -0.25) is 4.79 Å². The van der Waals surface area contributed by atoms with E-state index in [1.807, 2.05) is 6.07 Å². The minimum Gasteiger partial charge on any atom is -0.461 e. The molecule has 3 rings (SSSR count). The SMILES string of the molecule is CCOC(=O)c1nnsc1NC(=O)c1ccc(OS(=O)(=O)c2cc(C)ccc2C)cc1. The quantitative estimate of drug-likeness (QED) is 0.419. The van der Waals surface area contributed by atoms with Crippen molar-refractivity contribution in [3.8, 4) is 5.75 Å². The van der Waals surface area contributed by atoms with Crippen LogP contribution in [-0.4, -0.2) is 36.5 Å². The van der Waals surface area contributed by atoms with E-state index in [4.69, 9.17) is 8.92 Å². The number of rotatable bonds is 7. The first-order chi connectivity index (χ1) is 14.7. The van der Waals surface area contributed by atoms with Gasteiger partial charge in [0.05, 0.1) is 6.61 Å². The second-order valence-electron chi connectivity index (χ2n) is 6.46. The Bertz CT molecular complexity index is 1220. The molecule has 0 radical (unpaired) electrons. The van der Waals surface area contributed by atoms with Gasteiger partial charge in [0, 0.05) is 17.1 Å². The molecule has 0 unspecified atom stereocenters. The Balaban J connectivity index is 1.73. The minimum atomic E-state index is -4.03.